The van der Waals surface area contributed by atoms with Gasteiger partial charge in [-0.3, -0.25) is 9.59 Å². The highest BCUT2D eigenvalue weighted by molar-refractivity contribution is 5.87. The molecule has 1 rings (SSSR count). The summed E-state index contributed by atoms with van der Waals surface area (Å²) in [6, 6.07) is 7.67. The predicted molar refractivity (Wildman–Crippen MR) is 78.3 cm³/mol. The highest BCUT2D eigenvalue weighted by Gasteiger charge is 2.03. The van der Waals surface area contributed by atoms with Crippen LogP contribution in [0.4, 0.5) is 0 Å². The van der Waals surface area contributed by atoms with Gasteiger partial charge in [-0.25, -0.2) is 0 Å². The van der Waals surface area contributed by atoms with E-state index in [0.717, 1.165) is 19.1 Å². The zero-order valence-corrected chi connectivity index (χ0v) is 11.5. The molecule has 0 spiro atoms. The first kappa shape index (κ1) is 15.1. The molecule has 1 atom stereocenters. The quantitative estimate of drug-likeness (QED) is 0.423. The maximum absolute atomic E-state index is 10.8. The molecule has 0 aromatic heterocycles. The first-order valence-electron chi connectivity index (χ1n) is 6.55. The van der Waals surface area contributed by atoms with Crippen LogP contribution in [0.3, 0.4) is 0 Å². The highest BCUT2D eigenvalue weighted by atomic mass is 16.1. The van der Waals surface area contributed by atoms with E-state index in [0.29, 0.717) is 11.5 Å². The second-order valence-electron chi connectivity index (χ2n) is 4.59. The van der Waals surface area contributed by atoms with Crippen LogP contribution in [0.2, 0.25) is 0 Å². The molecule has 1 unspecified atom stereocenters. The Bertz CT molecular complexity index is 467. The number of carbonyl (C=O) groups is 2. The smallest absolute Gasteiger partial charge is 0.152 e. The van der Waals surface area contributed by atoms with Gasteiger partial charge in [-0.05, 0) is 37.3 Å². The van der Waals surface area contributed by atoms with Crippen molar-refractivity contribution in [3.05, 3.63) is 59.7 Å². The maximum Gasteiger partial charge on any atom is 0.152 e. The molecular weight excluding hydrogens is 236 g/mol. The highest BCUT2D eigenvalue weighted by Crippen LogP contribution is 2.14. The Morgan fingerprint density at radius 2 is 1.89 bits per heavy atom. The van der Waals surface area contributed by atoms with Crippen LogP contribution >= 0.6 is 0 Å². The molecule has 1 aromatic rings. The van der Waals surface area contributed by atoms with E-state index in [4.69, 9.17) is 0 Å². The SMILES string of the molecule is CCC(C=CC=CC(C)=O)Cc1ccc(C=O)cc1. The first-order valence-corrected chi connectivity index (χ1v) is 6.55. The topological polar surface area (TPSA) is 34.1 Å². The molecule has 0 amide bonds. The molecule has 0 saturated heterocycles. The maximum atomic E-state index is 10.8. The third-order valence-electron chi connectivity index (χ3n) is 2.96. The number of rotatable bonds is 7. The van der Waals surface area contributed by atoms with Crippen molar-refractivity contribution in [3.63, 3.8) is 0 Å². The zero-order valence-electron chi connectivity index (χ0n) is 11.5. The zero-order chi connectivity index (χ0) is 14.1. The van der Waals surface area contributed by atoms with Crippen molar-refractivity contribution in [1.82, 2.24) is 0 Å². The predicted octanol–water partition coefficient (Wildman–Crippen LogP) is 3.77. The van der Waals surface area contributed by atoms with E-state index in [1.807, 2.05) is 30.3 Å². The summed E-state index contributed by atoms with van der Waals surface area (Å²) in [5, 5.41) is 0. The third-order valence-corrected chi connectivity index (χ3v) is 2.96. The molecule has 2 nitrogen and oxygen atoms in total. The number of aldehydes is 1. The fraction of sp³-hybridized carbons (Fsp3) is 0.294. The summed E-state index contributed by atoms with van der Waals surface area (Å²) in [4.78, 5) is 21.3. The van der Waals surface area contributed by atoms with E-state index in [9.17, 15) is 9.59 Å². The van der Waals surface area contributed by atoms with Gasteiger partial charge in [0.15, 0.2) is 5.78 Å². The molecule has 0 aliphatic carbocycles. The van der Waals surface area contributed by atoms with Crippen molar-refractivity contribution in [2.45, 2.75) is 26.7 Å². The monoisotopic (exact) mass is 256 g/mol. The molecule has 1 aromatic carbocycles. The lowest BCUT2D eigenvalue weighted by Crippen LogP contribution is -1.99. The Kier molecular flexibility index (Phi) is 6.51. The Morgan fingerprint density at radius 3 is 2.42 bits per heavy atom. The lowest BCUT2D eigenvalue weighted by molar-refractivity contribution is -0.112. The lowest BCUT2D eigenvalue weighted by Gasteiger charge is -2.09. The molecule has 2 heteroatoms. The minimum atomic E-state index is 0.0575. The van der Waals surface area contributed by atoms with E-state index < -0.39 is 0 Å². The van der Waals surface area contributed by atoms with E-state index in [2.05, 4.69) is 13.0 Å². The largest absolute Gasteiger partial charge is 0.298 e. The van der Waals surface area contributed by atoms with Gasteiger partial charge in [-0.15, -0.1) is 0 Å². The van der Waals surface area contributed by atoms with Crippen molar-refractivity contribution in [1.29, 1.82) is 0 Å². The van der Waals surface area contributed by atoms with Crippen molar-refractivity contribution in [3.8, 4) is 0 Å². The summed E-state index contributed by atoms with van der Waals surface area (Å²) in [6.07, 6.45) is 10.2. The van der Waals surface area contributed by atoms with Crippen LogP contribution in [-0.2, 0) is 11.2 Å². The second-order valence-corrected chi connectivity index (χ2v) is 4.59. The van der Waals surface area contributed by atoms with Crippen LogP contribution in [0.1, 0.15) is 36.2 Å². The van der Waals surface area contributed by atoms with Crippen molar-refractivity contribution in [2.75, 3.05) is 0 Å². The average molecular weight is 256 g/mol. The van der Waals surface area contributed by atoms with Gasteiger partial charge in [0.25, 0.3) is 0 Å². The first-order chi connectivity index (χ1) is 9.15. The Balaban J connectivity index is 2.60. The second kappa shape index (κ2) is 8.20. The number of hydrogen-bond acceptors (Lipinski definition) is 2. The van der Waals surface area contributed by atoms with Gasteiger partial charge in [0.2, 0.25) is 0 Å². The molecule has 0 aliphatic rings. The van der Waals surface area contributed by atoms with E-state index in [1.165, 1.54) is 12.5 Å². The third kappa shape index (κ3) is 5.96. The normalized spacial score (nSPS) is 12.9. The minimum absolute atomic E-state index is 0.0575. The number of ketones is 1. The van der Waals surface area contributed by atoms with E-state index in [1.54, 1.807) is 12.2 Å². The summed E-state index contributed by atoms with van der Waals surface area (Å²) < 4.78 is 0. The molecule has 0 radical (unpaired) electrons. The summed E-state index contributed by atoms with van der Waals surface area (Å²) >= 11 is 0. The van der Waals surface area contributed by atoms with Gasteiger partial charge < -0.3 is 0 Å². The standard InChI is InChI=1S/C17H20O2/c1-3-15(7-5-4-6-14(2)19)12-16-8-10-17(13-18)11-9-16/h4-11,13,15H,3,12H2,1-2H3. The van der Waals surface area contributed by atoms with Crippen LogP contribution < -0.4 is 0 Å². The molecule has 0 fully saturated rings. The number of carbonyl (C=O) groups excluding carboxylic acids is 2. The van der Waals surface area contributed by atoms with E-state index in [-0.39, 0.29) is 5.78 Å². The molecule has 0 N–H and O–H groups in total. The van der Waals surface area contributed by atoms with Crippen LogP contribution in [0.25, 0.3) is 0 Å². The van der Waals surface area contributed by atoms with Crippen molar-refractivity contribution >= 4 is 12.1 Å². The number of allylic oxidation sites excluding steroid dienone is 4. The fourth-order valence-electron chi connectivity index (χ4n) is 1.80. The van der Waals surface area contributed by atoms with Gasteiger partial charge in [0.05, 0.1) is 0 Å². The molecule has 100 valence electrons. The Morgan fingerprint density at radius 1 is 1.21 bits per heavy atom. The summed E-state index contributed by atoms with van der Waals surface area (Å²) in [6.45, 7) is 3.68. The summed E-state index contributed by atoms with van der Waals surface area (Å²) in [5.41, 5.74) is 1.93. The van der Waals surface area contributed by atoms with Crippen LogP contribution in [-0.4, -0.2) is 12.1 Å². The van der Waals surface area contributed by atoms with Gasteiger partial charge in [-0.2, -0.15) is 0 Å². The minimum Gasteiger partial charge on any atom is -0.298 e. The van der Waals surface area contributed by atoms with Crippen molar-refractivity contribution in [2.24, 2.45) is 5.92 Å². The van der Waals surface area contributed by atoms with E-state index >= 15 is 0 Å². The molecule has 19 heavy (non-hydrogen) atoms. The number of benzene rings is 1. The number of hydrogen-bond donors (Lipinski definition) is 0. The van der Waals surface area contributed by atoms with Gasteiger partial charge >= 0.3 is 0 Å². The molecular formula is C17H20O2. The summed E-state index contributed by atoms with van der Waals surface area (Å²) in [5.74, 6) is 0.501. The molecule has 0 bridgehead atoms. The van der Waals surface area contributed by atoms with Gasteiger partial charge in [0, 0.05) is 5.56 Å². The van der Waals surface area contributed by atoms with Crippen LogP contribution in [0.5, 0.6) is 0 Å². The average Bonchev–Trinajstić information content (AvgIpc) is 2.42. The van der Waals surface area contributed by atoms with Gasteiger partial charge in [0.1, 0.15) is 6.29 Å². The summed E-state index contributed by atoms with van der Waals surface area (Å²) in [7, 11) is 0. The molecule has 0 aliphatic heterocycles. The lowest BCUT2D eigenvalue weighted by atomic mass is 9.96. The Labute approximate surface area is 114 Å². The van der Waals surface area contributed by atoms with Crippen molar-refractivity contribution < 1.29 is 9.59 Å². The van der Waals surface area contributed by atoms with Crippen LogP contribution in [0.15, 0.2) is 48.6 Å². The fourth-order valence-corrected chi connectivity index (χ4v) is 1.80. The molecule has 0 saturated carbocycles. The molecule has 0 heterocycles. The van der Waals surface area contributed by atoms with Gasteiger partial charge in [-0.1, -0.05) is 49.4 Å². The van der Waals surface area contributed by atoms with Crippen LogP contribution in [0, 0.1) is 5.92 Å². The Hall–Kier alpha value is -1.96.